The molecular formula is C21H29F3N4. The lowest BCUT2D eigenvalue weighted by atomic mass is 9.83. The van der Waals surface area contributed by atoms with Gasteiger partial charge in [-0.2, -0.15) is 13.2 Å². The van der Waals surface area contributed by atoms with Crippen molar-refractivity contribution < 1.29 is 13.2 Å². The van der Waals surface area contributed by atoms with E-state index in [1.807, 2.05) is 13.1 Å². The molecule has 0 unspecified atom stereocenters. The largest absolute Gasteiger partial charge is 0.433 e. The van der Waals surface area contributed by atoms with E-state index in [0.29, 0.717) is 12.3 Å². The van der Waals surface area contributed by atoms with Crippen molar-refractivity contribution in [1.82, 2.24) is 15.0 Å². The van der Waals surface area contributed by atoms with Crippen molar-refractivity contribution in [2.75, 3.05) is 18.5 Å². The van der Waals surface area contributed by atoms with Gasteiger partial charge in [-0.1, -0.05) is 33.8 Å². The van der Waals surface area contributed by atoms with E-state index in [1.54, 1.807) is 6.20 Å². The van der Waals surface area contributed by atoms with Crippen LogP contribution in [0.5, 0.6) is 0 Å². The predicted molar refractivity (Wildman–Crippen MR) is 105 cm³/mol. The highest BCUT2D eigenvalue weighted by atomic mass is 19.4. The molecule has 0 amide bonds. The van der Waals surface area contributed by atoms with Gasteiger partial charge >= 0.3 is 6.18 Å². The van der Waals surface area contributed by atoms with Gasteiger partial charge in [-0.25, -0.2) is 9.97 Å². The maximum atomic E-state index is 12.6. The summed E-state index contributed by atoms with van der Waals surface area (Å²) in [6.07, 6.45) is 1.09. The van der Waals surface area contributed by atoms with Crippen LogP contribution in [0.2, 0.25) is 0 Å². The number of pyridine rings is 1. The van der Waals surface area contributed by atoms with E-state index < -0.39 is 11.9 Å². The number of nitrogens with zero attached hydrogens (tertiary/aromatic N) is 4. The van der Waals surface area contributed by atoms with E-state index in [4.69, 9.17) is 0 Å². The van der Waals surface area contributed by atoms with Crippen LogP contribution in [0.4, 0.5) is 19.0 Å². The SMILES string of the molecule is CC(C)Cc1nccc(N(C)CCC(C)(C)Cc2ccc(C(F)(F)F)nc2)n1. The molecule has 0 atom stereocenters. The molecule has 0 aliphatic rings. The highest BCUT2D eigenvalue weighted by Gasteiger charge is 2.32. The van der Waals surface area contributed by atoms with Crippen molar-refractivity contribution in [3.8, 4) is 0 Å². The molecule has 0 saturated heterocycles. The average Bonchev–Trinajstić information content (AvgIpc) is 2.59. The normalized spacial score (nSPS) is 12.5. The predicted octanol–water partition coefficient (Wildman–Crippen LogP) is 5.18. The molecule has 0 spiro atoms. The summed E-state index contributed by atoms with van der Waals surface area (Å²) in [7, 11) is 2.00. The van der Waals surface area contributed by atoms with Crippen molar-refractivity contribution in [3.05, 3.63) is 47.7 Å². The van der Waals surface area contributed by atoms with Crippen LogP contribution in [0.25, 0.3) is 0 Å². The Labute approximate surface area is 165 Å². The van der Waals surface area contributed by atoms with Crippen LogP contribution in [0.1, 0.15) is 51.2 Å². The lowest BCUT2D eigenvalue weighted by Crippen LogP contribution is -2.27. The second-order valence-electron chi connectivity index (χ2n) is 8.49. The van der Waals surface area contributed by atoms with E-state index in [-0.39, 0.29) is 5.41 Å². The van der Waals surface area contributed by atoms with Crippen LogP contribution in [0.3, 0.4) is 0 Å². The Bertz CT molecular complexity index is 755. The molecule has 0 fully saturated rings. The number of anilines is 1. The van der Waals surface area contributed by atoms with Crippen LogP contribution in [-0.2, 0) is 19.0 Å². The first kappa shape index (κ1) is 22.1. The zero-order valence-electron chi connectivity index (χ0n) is 17.2. The van der Waals surface area contributed by atoms with E-state index in [0.717, 1.165) is 42.7 Å². The van der Waals surface area contributed by atoms with Crippen LogP contribution in [0, 0.1) is 11.3 Å². The number of aromatic nitrogens is 3. The quantitative estimate of drug-likeness (QED) is 0.618. The molecule has 0 N–H and O–H groups in total. The minimum atomic E-state index is -4.40. The highest BCUT2D eigenvalue weighted by Crippen LogP contribution is 2.30. The van der Waals surface area contributed by atoms with Gasteiger partial charge in [-0.15, -0.1) is 0 Å². The minimum absolute atomic E-state index is 0.0799. The van der Waals surface area contributed by atoms with Crippen molar-refractivity contribution >= 4 is 5.82 Å². The molecule has 7 heteroatoms. The summed E-state index contributed by atoms with van der Waals surface area (Å²) in [4.78, 5) is 14.6. The van der Waals surface area contributed by atoms with E-state index in [1.165, 1.54) is 12.3 Å². The third-order valence-corrected chi connectivity index (χ3v) is 4.59. The Morgan fingerprint density at radius 2 is 1.79 bits per heavy atom. The summed E-state index contributed by atoms with van der Waals surface area (Å²) in [6, 6.07) is 4.47. The standard InChI is InChI=1S/C21H29F3N4/c1-15(2)12-18-25-10-8-19(27-18)28(5)11-9-20(3,4)13-16-6-7-17(26-14-16)21(22,23)24/h6-8,10,14-15H,9,11-13H2,1-5H3. The van der Waals surface area contributed by atoms with Crippen molar-refractivity contribution in [2.45, 2.75) is 53.1 Å². The van der Waals surface area contributed by atoms with E-state index >= 15 is 0 Å². The molecule has 2 aromatic rings. The van der Waals surface area contributed by atoms with Crippen LogP contribution >= 0.6 is 0 Å². The molecule has 2 aromatic heterocycles. The van der Waals surface area contributed by atoms with Gasteiger partial charge in [0.2, 0.25) is 0 Å². The van der Waals surface area contributed by atoms with Crippen LogP contribution < -0.4 is 4.90 Å². The maximum Gasteiger partial charge on any atom is 0.433 e. The molecular weight excluding hydrogens is 365 g/mol. The van der Waals surface area contributed by atoms with Gasteiger partial charge in [0.05, 0.1) is 0 Å². The molecule has 4 nitrogen and oxygen atoms in total. The van der Waals surface area contributed by atoms with Crippen LogP contribution in [-0.4, -0.2) is 28.5 Å². The molecule has 0 aliphatic heterocycles. The Morgan fingerprint density at radius 1 is 1.07 bits per heavy atom. The zero-order chi connectivity index (χ0) is 20.9. The minimum Gasteiger partial charge on any atom is -0.360 e. The lowest BCUT2D eigenvalue weighted by molar-refractivity contribution is -0.141. The molecule has 28 heavy (non-hydrogen) atoms. The number of hydrogen-bond acceptors (Lipinski definition) is 4. The Morgan fingerprint density at radius 3 is 2.36 bits per heavy atom. The number of alkyl halides is 3. The monoisotopic (exact) mass is 394 g/mol. The third-order valence-electron chi connectivity index (χ3n) is 4.59. The summed E-state index contributed by atoms with van der Waals surface area (Å²) >= 11 is 0. The van der Waals surface area contributed by atoms with Gasteiger partial charge < -0.3 is 4.90 Å². The molecule has 0 bridgehead atoms. The van der Waals surface area contributed by atoms with Crippen molar-refractivity contribution in [3.63, 3.8) is 0 Å². The summed E-state index contributed by atoms with van der Waals surface area (Å²) in [5.41, 5.74) is -0.125. The number of halogens is 3. The first-order chi connectivity index (χ1) is 13.0. The fourth-order valence-corrected chi connectivity index (χ4v) is 2.99. The maximum absolute atomic E-state index is 12.6. The first-order valence-electron chi connectivity index (χ1n) is 9.51. The molecule has 2 heterocycles. The molecule has 0 aliphatic carbocycles. The molecule has 154 valence electrons. The fourth-order valence-electron chi connectivity index (χ4n) is 2.99. The number of rotatable bonds is 8. The summed E-state index contributed by atoms with van der Waals surface area (Å²) in [5, 5.41) is 0. The molecule has 0 radical (unpaired) electrons. The van der Waals surface area contributed by atoms with E-state index in [2.05, 4.69) is 47.5 Å². The molecule has 0 saturated carbocycles. The fraction of sp³-hybridized carbons (Fsp3) is 0.571. The highest BCUT2D eigenvalue weighted by molar-refractivity contribution is 5.36. The van der Waals surface area contributed by atoms with Crippen molar-refractivity contribution in [2.24, 2.45) is 11.3 Å². The molecule has 2 rings (SSSR count). The van der Waals surface area contributed by atoms with E-state index in [9.17, 15) is 13.2 Å². The van der Waals surface area contributed by atoms with Crippen molar-refractivity contribution in [1.29, 1.82) is 0 Å². The Kier molecular flexibility index (Phi) is 7.01. The Hall–Kier alpha value is -2.18. The van der Waals surface area contributed by atoms with Gasteiger partial charge in [0, 0.05) is 32.4 Å². The second kappa shape index (κ2) is 8.88. The smallest absolute Gasteiger partial charge is 0.360 e. The number of hydrogen-bond donors (Lipinski definition) is 0. The van der Waals surface area contributed by atoms with Gasteiger partial charge in [-0.05, 0) is 41.9 Å². The summed E-state index contributed by atoms with van der Waals surface area (Å²) < 4.78 is 37.9. The van der Waals surface area contributed by atoms with Gasteiger partial charge in [0.15, 0.2) is 0 Å². The van der Waals surface area contributed by atoms with Gasteiger partial charge in [0.25, 0.3) is 0 Å². The summed E-state index contributed by atoms with van der Waals surface area (Å²) in [6.45, 7) is 9.29. The Balaban J connectivity index is 1.95. The third kappa shape index (κ3) is 6.77. The first-order valence-corrected chi connectivity index (χ1v) is 9.51. The van der Waals surface area contributed by atoms with Gasteiger partial charge in [-0.3, -0.25) is 4.98 Å². The second-order valence-corrected chi connectivity index (χ2v) is 8.49. The summed E-state index contributed by atoms with van der Waals surface area (Å²) in [5.74, 6) is 2.23. The topological polar surface area (TPSA) is 41.9 Å². The van der Waals surface area contributed by atoms with Crippen LogP contribution in [0.15, 0.2) is 30.6 Å². The molecule has 0 aromatic carbocycles. The van der Waals surface area contributed by atoms with Gasteiger partial charge in [0.1, 0.15) is 17.3 Å². The zero-order valence-corrected chi connectivity index (χ0v) is 17.2. The average molecular weight is 394 g/mol. The lowest BCUT2D eigenvalue weighted by Gasteiger charge is -2.28.